The number of piperidine rings is 1. The number of nitrogens with zero attached hydrogens (tertiary/aromatic N) is 4. The minimum Gasteiger partial charge on any atom is -0.505 e. The van der Waals surface area contributed by atoms with E-state index in [2.05, 4.69) is 20.1 Å². The lowest BCUT2D eigenvalue weighted by molar-refractivity contribution is -0.133. The van der Waals surface area contributed by atoms with Crippen molar-refractivity contribution in [3.05, 3.63) is 29.6 Å². The van der Waals surface area contributed by atoms with Crippen molar-refractivity contribution in [2.45, 2.75) is 32.7 Å². The monoisotopic (exact) mass is 405 g/mol. The summed E-state index contributed by atoms with van der Waals surface area (Å²) in [6.45, 7) is 8.62. The smallest absolute Gasteiger partial charge is 0.236 e. The molecule has 0 aromatic heterocycles. The lowest BCUT2D eigenvalue weighted by Crippen LogP contribution is -2.54. The van der Waals surface area contributed by atoms with E-state index in [0.717, 1.165) is 64.6 Å². The number of halogens is 1. The van der Waals surface area contributed by atoms with Crippen LogP contribution in [0.3, 0.4) is 0 Å². The van der Waals surface area contributed by atoms with Crippen molar-refractivity contribution in [3.8, 4) is 5.75 Å². The van der Waals surface area contributed by atoms with Gasteiger partial charge >= 0.3 is 0 Å². The molecule has 0 aliphatic carbocycles. The largest absolute Gasteiger partial charge is 0.505 e. The highest BCUT2D eigenvalue weighted by Gasteiger charge is 2.24. The van der Waals surface area contributed by atoms with Crippen LogP contribution in [0.5, 0.6) is 5.75 Å². The first-order valence-corrected chi connectivity index (χ1v) is 10.6. The SMILES string of the molecule is CCNC(=NCc1ccc(O)c(F)c1)N1CCN(CC(=O)N2CCCCC2)CC1. The van der Waals surface area contributed by atoms with Crippen LogP contribution in [0.4, 0.5) is 4.39 Å². The number of likely N-dealkylation sites (tertiary alicyclic amines) is 1. The van der Waals surface area contributed by atoms with Gasteiger partial charge in [0.2, 0.25) is 5.91 Å². The number of aliphatic imine (C=N–C) groups is 1. The Kier molecular flexibility index (Phi) is 7.69. The van der Waals surface area contributed by atoms with E-state index in [4.69, 9.17) is 0 Å². The van der Waals surface area contributed by atoms with Gasteiger partial charge in [-0.1, -0.05) is 6.07 Å². The van der Waals surface area contributed by atoms with Crippen LogP contribution in [0.1, 0.15) is 31.7 Å². The average Bonchev–Trinajstić information content (AvgIpc) is 2.75. The molecular weight excluding hydrogens is 373 g/mol. The van der Waals surface area contributed by atoms with Gasteiger partial charge in [0.15, 0.2) is 17.5 Å². The summed E-state index contributed by atoms with van der Waals surface area (Å²) in [4.78, 5) is 23.5. The fourth-order valence-corrected chi connectivity index (χ4v) is 3.79. The van der Waals surface area contributed by atoms with Crippen LogP contribution in [-0.2, 0) is 11.3 Å². The van der Waals surface area contributed by atoms with E-state index in [1.54, 1.807) is 6.07 Å². The number of carbonyl (C=O) groups excluding carboxylic acids is 1. The van der Waals surface area contributed by atoms with Crippen LogP contribution >= 0.6 is 0 Å². The van der Waals surface area contributed by atoms with Gasteiger partial charge < -0.3 is 20.2 Å². The molecule has 2 N–H and O–H groups in total. The van der Waals surface area contributed by atoms with Crippen LogP contribution in [-0.4, -0.2) is 84.0 Å². The number of piperazine rings is 1. The lowest BCUT2D eigenvalue weighted by atomic mass is 10.1. The number of amides is 1. The van der Waals surface area contributed by atoms with Gasteiger partial charge in [-0.25, -0.2) is 9.38 Å². The Morgan fingerprint density at radius 1 is 1.10 bits per heavy atom. The molecule has 1 aromatic carbocycles. The predicted molar refractivity (Wildman–Crippen MR) is 111 cm³/mol. The molecule has 2 saturated heterocycles. The van der Waals surface area contributed by atoms with Gasteiger partial charge in [0.05, 0.1) is 13.1 Å². The van der Waals surface area contributed by atoms with E-state index < -0.39 is 5.82 Å². The molecule has 7 nitrogen and oxygen atoms in total. The summed E-state index contributed by atoms with van der Waals surface area (Å²) in [7, 11) is 0. The van der Waals surface area contributed by atoms with Gasteiger partial charge in [0.1, 0.15) is 0 Å². The quantitative estimate of drug-likeness (QED) is 0.576. The number of phenolic OH excluding ortho intramolecular Hbond substituents is 1. The summed E-state index contributed by atoms with van der Waals surface area (Å²) < 4.78 is 13.5. The normalized spacial score (nSPS) is 18.8. The molecule has 0 radical (unpaired) electrons. The maximum atomic E-state index is 13.5. The Morgan fingerprint density at radius 2 is 1.83 bits per heavy atom. The van der Waals surface area contributed by atoms with Gasteiger partial charge in [0.25, 0.3) is 0 Å². The maximum absolute atomic E-state index is 13.5. The minimum atomic E-state index is -0.630. The summed E-state index contributed by atoms with van der Waals surface area (Å²) in [6, 6.07) is 4.34. The maximum Gasteiger partial charge on any atom is 0.236 e. The molecule has 0 atom stereocenters. The highest BCUT2D eigenvalue weighted by molar-refractivity contribution is 5.80. The molecule has 8 heteroatoms. The summed E-state index contributed by atoms with van der Waals surface area (Å²) in [5.74, 6) is 0.0608. The topological polar surface area (TPSA) is 71.4 Å². The van der Waals surface area contributed by atoms with Crippen LogP contribution in [0.15, 0.2) is 23.2 Å². The molecule has 2 aliphatic heterocycles. The molecule has 0 bridgehead atoms. The molecule has 1 aromatic rings. The molecule has 0 unspecified atom stereocenters. The summed E-state index contributed by atoms with van der Waals surface area (Å²) in [5.41, 5.74) is 0.710. The number of phenols is 1. The molecule has 2 heterocycles. The zero-order valence-corrected chi connectivity index (χ0v) is 17.2. The fourth-order valence-electron chi connectivity index (χ4n) is 3.79. The Bertz CT molecular complexity index is 713. The first kappa shape index (κ1) is 21.4. The van der Waals surface area contributed by atoms with Crippen LogP contribution < -0.4 is 5.32 Å². The molecule has 2 aliphatic rings. The number of aromatic hydroxyl groups is 1. The molecule has 3 rings (SSSR count). The third kappa shape index (κ3) is 6.06. The molecule has 160 valence electrons. The van der Waals surface area contributed by atoms with E-state index >= 15 is 0 Å². The van der Waals surface area contributed by atoms with Gasteiger partial charge in [-0.3, -0.25) is 9.69 Å². The van der Waals surface area contributed by atoms with Crippen molar-refractivity contribution >= 4 is 11.9 Å². The Labute approximate surface area is 172 Å². The van der Waals surface area contributed by atoms with Crippen molar-refractivity contribution in [1.29, 1.82) is 0 Å². The summed E-state index contributed by atoms with van der Waals surface area (Å²) >= 11 is 0. The number of hydrogen-bond donors (Lipinski definition) is 2. The Hall–Kier alpha value is -2.35. The van der Waals surface area contributed by atoms with E-state index in [0.29, 0.717) is 18.7 Å². The van der Waals surface area contributed by atoms with Crippen molar-refractivity contribution < 1.29 is 14.3 Å². The van der Waals surface area contributed by atoms with Gasteiger partial charge in [0, 0.05) is 45.8 Å². The Balaban J connectivity index is 1.52. The number of rotatable bonds is 5. The molecule has 29 heavy (non-hydrogen) atoms. The van der Waals surface area contributed by atoms with Gasteiger partial charge in [-0.05, 0) is 43.9 Å². The predicted octanol–water partition coefficient (Wildman–Crippen LogP) is 1.63. The second-order valence-corrected chi connectivity index (χ2v) is 7.66. The summed E-state index contributed by atoms with van der Waals surface area (Å²) in [6.07, 6.45) is 3.46. The molecule has 2 fully saturated rings. The van der Waals surface area contributed by atoms with E-state index in [-0.39, 0.29) is 11.7 Å². The van der Waals surface area contributed by atoms with Crippen molar-refractivity contribution in [2.75, 3.05) is 52.4 Å². The zero-order valence-electron chi connectivity index (χ0n) is 17.2. The van der Waals surface area contributed by atoms with Crippen molar-refractivity contribution in [2.24, 2.45) is 4.99 Å². The van der Waals surface area contributed by atoms with E-state index in [1.165, 1.54) is 18.6 Å². The first-order valence-electron chi connectivity index (χ1n) is 10.6. The molecule has 0 spiro atoms. The standard InChI is InChI=1S/C21H32FN5O2/c1-2-23-21(24-15-17-6-7-19(28)18(22)14-17)27-12-10-25(11-13-27)16-20(29)26-8-4-3-5-9-26/h6-7,14,28H,2-5,8-13,15-16H2,1H3,(H,23,24). The highest BCUT2D eigenvalue weighted by Crippen LogP contribution is 2.17. The molecule has 1 amide bonds. The second-order valence-electron chi connectivity index (χ2n) is 7.66. The minimum absolute atomic E-state index is 0.244. The second kappa shape index (κ2) is 10.4. The summed E-state index contributed by atoms with van der Waals surface area (Å²) in [5, 5.41) is 12.6. The number of nitrogens with one attached hydrogen (secondary N) is 1. The van der Waals surface area contributed by atoms with Crippen LogP contribution in [0.2, 0.25) is 0 Å². The number of benzene rings is 1. The van der Waals surface area contributed by atoms with Crippen LogP contribution in [0.25, 0.3) is 0 Å². The highest BCUT2D eigenvalue weighted by atomic mass is 19.1. The number of hydrogen-bond acceptors (Lipinski definition) is 4. The van der Waals surface area contributed by atoms with E-state index in [1.807, 2.05) is 11.8 Å². The zero-order chi connectivity index (χ0) is 20.6. The average molecular weight is 406 g/mol. The van der Waals surface area contributed by atoms with Crippen molar-refractivity contribution in [3.63, 3.8) is 0 Å². The fraction of sp³-hybridized carbons (Fsp3) is 0.619. The first-order chi connectivity index (χ1) is 14.1. The Morgan fingerprint density at radius 3 is 2.48 bits per heavy atom. The van der Waals surface area contributed by atoms with Gasteiger partial charge in [-0.15, -0.1) is 0 Å². The number of carbonyl (C=O) groups is 1. The lowest BCUT2D eigenvalue weighted by Gasteiger charge is -2.37. The number of guanidine groups is 1. The molecular formula is C21H32FN5O2. The van der Waals surface area contributed by atoms with Crippen molar-refractivity contribution in [1.82, 2.24) is 20.0 Å². The van der Waals surface area contributed by atoms with Gasteiger partial charge in [-0.2, -0.15) is 0 Å². The van der Waals surface area contributed by atoms with Crippen LogP contribution in [0, 0.1) is 5.82 Å². The third-order valence-electron chi connectivity index (χ3n) is 5.50. The third-order valence-corrected chi connectivity index (χ3v) is 5.50. The molecule has 0 saturated carbocycles. The van der Waals surface area contributed by atoms with E-state index in [9.17, 15) is 14.3 Å².